The van der Waals surface area contributed by atoms with Crippen molar-refractivity contribution < 1.29 is 4.52 Å². The normalized spacial score (nSPS) is 16.8. The third-order valence-electron chi connectivity index (χ3n) is 5.54. The van der Waals surface area contributed by atoms with Gasteiger partial charge in [-0.1, -0.05) is 35.0 Å². The zero-order valence-electron chi connectivity index (χ0n) is 17.4. The molecule has 154 valence electrons. The van der Waals surface area contributed by atoms with Crippen LogP contribution in [0.2, 0.25) is 5.02 Å². The molecule has 1 aliphatic rings. The third-order valence-corrected chi connectivity index (χ3v) is 6.13. The van der Waals surface area contributed by atoms with Crippen LogP contribution in [0.25, 0.3) is 17.0 Å². The quantitative estimate of drug-likeness (QED) is 0.528. The molecule has 4 rings (SSSR count). The highest BCUT2D eigenvalue weighted by Gasteiger charge is 2.33. The highest BCUT2D eigenvalue weighted by atomic mass is 35.5. The second-order valence-corrected chi connectivity index (χ2v) is 8.22. The molecule has 1 aromatic heterocycles. The van der Waals surface area contributed by atoms with E-state index in [1.54, 1.807) is 0 Å². The smallest absolute Gasteiger partial charge is 0.258 e. The minimum Gasteiger partial charge on any atom is -0.351 e. The number of nitrogens with zero attached hydrogens (tertiary/aromatic N) is 3. The lowest BCUT2D eigenvalue weighted by Crippen LogP contribution is -2.45. The van der Waals surface area contributed by atoms with Gasteiger partial charge in [0.15, 0.2) is 5.11 Å². The van der Waals surface area contributed by atoms with Gasteiger partial charge >= 0.3 is 0 Å². The van der Waals surface area contributed by atoms with E-state index in [4.69, 9.17) is 33.3 Å². The SMILES string of the molecule is CCN1C(=S)NC(c2ccc(C)c(C)c2)C(c2nc(-c3ccc(Cl)cc3)no2)=C1C. The third kappa shape index (κ3) is 3.73. The number of hydrogen-bond donors (Lipinski definition) is 1. The molecule has 0 aliphatic carbocycles. The molecule has 7 heteroatoms. The number of nitrogens with one attached hydrogen (secondary N) is 1. The molecule has 0 radical (unpaired) electrons. The topological polar surface area (TPSA) is 54.2 Å². The molecule has 1 unspecified atom stereocenters. The van der Waals surface area contributed by atoms with E-state index in [1.165, 1.54) is 11.1 Å². The van der Waals surface area contributed by atoms with Gasteiger partial charge in [-0.05, 0) is 80.9 Å². The number of aryl methyl sites for hydroxylation is 2. The number of benzene rings is 2. The van der Waals surface area contributed by atoms with Crippen LogP contribution in [0.15, 0.2) is 52.7 Å². The van der Waals surface area contributed by atoms with Crippen LogP contribution >= 0.6 is 23.8 Å². The molecule has 5 nitrogen and oxygen atoms in total. The number of aromatic nitrogens is 2. The largest absolute Gasteiger partial charge is 0.351 e. The fraction of sp³-hybridized carbons (Fsp3) is 0.261. The van der Waals surface area contributed by atoms with Gasteiger partial charge in [0.1, 0.15) is 0 Å². The molecule has 1 aliphatic heterocycles. The highest BCUT2D eigenvalue weighted by Crippen LogP contribution is 2.37. The van der Waals surface area contributed by atoms with Crippen LogP contribution in [0.3, 0.4) is 0 Å². The van der Waals surface area contributed by atoms with Crippen LogP contribution in [-0.4, -0.2) is 26.7 Å². The average molecular weight is 439 g/mol. The van der Waals surface area contributed by atoms with E-state index in [9.17, 15) is 0 Å². The summed E-state index contributed by atoms with van der Waals surface area (Å²) >= 11 is 11.6. The monoisotopic (exact) mass is 438 g/mol. The summed E-state index contributed by atoms with van der Waals surface area (Å²) in [5.74, 6) is 1.01. The molecule has 2 heterocycles. The fourth-order valence-corrected chi connectivity index (χ4v) is 4.19. The van der Waals surface area contributed by atoms with Crippen LogP contribution in [0.5, 0.6) is 0 Å². The molecular formula is C23H23ClN4OS. The van der Waals surface area contributed by atoms with Crippen molar-refractivity contribution in [1.82, 2.24) is 20.4 Å². The molecule has 30 heavy (non-hydrogen) atoms. The van der Waals surface area contributed by atoms with Gasteiger partial charge in [-0.2, -0.15) is 4.98 Å². The van der Waals surface area contributed by atoms with Gasteiger partial charge in [0, 0.05) is 22.8 Å². The molecule has 0 fully saturated rings. The van der Waals surface area contributed by atoms with E-state index in [1.807, 2.05) is 36.1 Å². The Kier molecular flexibility index (Phi) is 5.62. The first-order valence-electron chi connectivity index (χ1n) is 9.85. The molecule has 0 saturated heterocycles. The van der Waals surface area contributed by atoms with Crippen molar-refractivity contribution in [3.05, 3.63) is 75.8 Å². The number of rotatable bonds is 4. The van der Waals surface area contributed by atoms with Gasteiger partial charge < -0.3 is 14.7 Å². The van der Waals surface area contributed by atoms with Gasteiger partial charge in [0.2, 0.25) is 5.82 Å². The molecule has 0 saturated carbocycles. The van der Waals surface area contributed by atoms with Gasteiger partial charge in [0.05, 0.1) is 11.6 Å². The molecule has 0 bridgehead atoms. The summed E-state index contributed by atoms with van der Waals surface area (Å²) in [4.78, 5) is 6.76. The summed E-state index contributed by atoms with van der Waals surface area (Å²) in [6.45, 7) is 9.08. The average Bonchev–Trinajstić information content (AvgIpc) is 3.20. The molecule has 1 N–H and O–H groups in total. The van der Waals surface area contributed by atoms with Crippen molar-refractivity contribution in [3.8, 4) is 11.4 Å². The van der Waals surface area contributed by atoms with E-state index >= 15 is 0 Å². The maximum Gasteiger partial charge on any atom is 0.258 e. The number of thiocarbonyl (C=S) groups is 1. The van der Waals surface area contributed by atoms with Crippen LogP contribution in [0.4, 0.5) is 0 Å². The maximum atomic E-state index is 6.00. The lowest BCUT2D eigenvalue weighted by molar-refractivity contribution is 0.398. The maximum absolute atomic E-state index is 6.00. The van der Waals surface area contributed by atoms with Crippen LogP contribution < -0.4 is 5.32 Å². The molecule has 3 aromatic rings. The van der Waals surface area contributed by atoms with Crippen LogP contribution in [-0.2, 0) is 0 Å². The summed E-state index contributed by atoms with van der Waals surface area (Å²) in [5.41, 5.74) is 6.37. The second kappa shape index (κ2) is 8.20. The number of allylic oxidation sites excluding steroid dienone is 1. The summed E-state index contributed by atoms with van der Waals surface area (Å²) in [7, 11) is 0. The number of hydrogen-bond acceptors (Lipinski definition) is 4. The Balaban J connectivity index is 1.82. The summed E-state index contributed by atoms with van der Waals surface area (Å²) in [6, 6.07) is 13.6. The Morgan fingerprint density at radius 3 is 2.50 bits per heavy atom. The standard InChI is InChI=1S/C23H23ClN4OS/c1-5-28-15(4)19(20(25-23(28)30)17-7-6-13(2)14(3)12-17)22-26-21(27-29-22)16-8-10-18(24)11-9-16/h6-12,20H,5H2,1-4H3,(H,25,30). The molecule has 1 atom stereocenters. The van der Waals surface area contributed by atoms with Crippen molar-refractivity contribution in [2.24, 2.45) is 0 Å². The minimum absolute atomic E-state index is 0.168. The van der Waals surface area contributed by atoms with Crippen molar-refractivity contribution in [1.29, 1.82) is 0 Å². The van der Waals surface area contributed by atoms with Crippen molar-refractivity contribution in [2.75, 3.05) is 6.54 Å². The van der Waals surface area contributed by atoms with Crippen molar-refractivity contribution in [2.45, 2.75) is 33.7 Å². The minimum atomic E-state index is -0.168. The van der Waals surface area contributed by atoms with Gasteiger partial charge in [-0.3, -0.25) is 0 Å². The molecule has 0 spiro atoms. The molecule has 0 amide bonds. The van der Waals surface area contributed by atoms with Gasteiger partial charge in [-0.25, -0.2) is 0 Å². The molecular weight excluding hydrogens is 416 g/mol. The van der Waals surface area contributed by atoms with Gasteiger partial charge in [0.25, 0.3) is 5.89 Å². The van der Waals surface area contributed by atoms with E-state index < -0.39 is 0 Å². The van der Waals surface area contributed by atoms with Crippen molar-refractivity contribution in [3.63, 3.8) is 0 Å². The van der Waals surface area contributed by atoms with Crippen LogP contribution in [0.1, 0.15) is 42.5 Å². The first-order chi connectivity index (χ1) is 14.4. The van der Waals surface area contributed by atoms with Crippen molar-refractivity contribution >= 4 is 34.5 Å². The van der Waals surface area contributed by atoms with E-state index in [0.29, 0.717) is 21.9 Å². The zero-order valence-corrected chi connectivity index (χ0v) is 18.9. The Morgan fingerprint density at radius 1 is 1.10 bits per heavy atom. The summed E-state index contributed by atoms with van der Waals surface area (Å²) < 4.78 is 5.73. The number of halogens is 1. The second-order valence-electron chi connectivity index (χ2n) is 7.40. The lowest BCUT2D eigenvalue weighted by Gasteiger charge is -2.36. The summed E-state index contributed by atoms with van der Waals surface area (Å²) in [6.07, 6.45) is 0. The lowest BCUT2D eigenvalue weighted by atomic mass is 9.92. The van der Waals surface area contributed by atoms with Crippen LogP contribution in [0, 0.1) is 13.8 Å². The zero-order chi connectivity index (χ0) is 21.4. The predicted octanol–water partition coefficient (Wildman–Crippen LogP) is 5.69. The van der Waals surface area contributed by atoms with E-state index in [0.717, 1.165) is 28.9 Å². The first-order valence-corrected chi connectivity index (χ1v) is 10.6. The Bertz CT molecular complexity index is 1140. The Labute approximate surface area is 186 Å². The summed E-state index contributed by atoms with van der Waals surface area (Å²) in [5, 5.41) is 9.04. The Hall–Kier alpha value is -2.70. The van der Waals surface area contributed by atoms with E-state index in [2.05, 4.69) is 49.4 Å². The predicted molar refractivity (Wildman–Crippen MR) is 124 cm³/mol. The first kappa shape index (κ1) is 20.6. The van der Waals surface area contributed by atoms with E-state index in [-0.39, 0.29) is 6.04 Å². The molecule has 2 aromatic carbocycles. The Morgan fingerprint density at radius 2 is 1.83 bits per heavy atom. The van der Waals surface area contributed by atoms with Gasteiger partial charge in [-0.15, -0.1) is 0 Å². The fourth-order valence-electron chi connectivity index (χ4n) is 3.68. The highest BCUT2D eigenvalue weighted by molar-refractivity contribution is 7.80.